The lowest BCUT2D eigenvalue weighted by Crippen LogP contribution is -2.21. The van der Waals surface area contributed by atoms with Gasteiger partial charge in [-0.25, -0.2) is 4.98 Å². The highest BCUT2D eigenvalue weighted by Gasteiger charge is 2.23. The number of hydrogen-bond donors (Lipinski definition) is 2. The molecule has 0 radical (unpaired) electrons. The van der Waals surface area contributed by atoms with Crippen LogP contribution in [0.2, 0.25) is 5.02 Å². The average molecular weight is 400 g/mol. The number of ether oxygens (including phenoxy) is 1. The van der Waals surface area contributed by atoms with E-state index in [1.807, 2.05) is 44.2 Å². The number of rotatable bonds is 6. The number of carbonyl (C=O) groups is 1. The molecular weight excluding hydrogens is 378 g/mol. The van der Waals surface area contributed by atoms with Crippen LogP contribution in [-0.4, -0.2) is 27.7 Å². The fourth-order valence-corrected chi connectivity index (χ4v) is 3.20. The Kier molecular flexibility index (Phi) is 6.02. The summed E-state index contributed by atoms with van der Waals surface area (Å²) in [5, 5.41) is 14.0. The fraction of sp³-hybridized carbons (Fsp3) is 0.238. The van der Waals surface area contributed by atoms with Crippen LogP contribution in [0.1, 0.15) is 28.6 Å². The van der Waals surface area contributed by atoms with Gasteiger partial charge in [0.15, 0.2) is 6.10 Å². The minimum Gasteiger partial charge on any atom is -0.481 e. The van der Waals surface area contributed by atoms with Crippen LogP contribution in [-0.2, 0) is 11.3 Å². The van der Waals surface area contributed by atoms with E-state index in [-0.39, 0.29) is 0 Å². The Bertz CT molecular complexity index is 983. The third kappa shape index (κ3) is 4.35. The highest BCUT2D eigenvalue weighted by Crippen LogP contribution is 2.25. The van der Waals surface area contributed by atoms with Crippen LogP contribution in [0.5, 0.6) is 5.88 Å². The smallest absolute Gasteiger partial charge is 0.257 e. The number of aryl methyl sites for hydroxylation is 1. The molecule has 1 amide bonds. The van der Waals surface area contributed by atoms with Gasteiger partial charge < -0.3 is 19.7 Å². The maximum Gasteiger partial charge on any atom is 0.257 e. The molecule has 0 spiro atoms. The Hall–Kier alpha value is -2.83. The molecule has 2 heterocycles. The largest absolute Gasteiger partial charge is 0.481 e. The van der Waals surface area contributed by atoms with Gasteiger partial charge in [-0.2, -0.15) is 0 Å². The summed E-state index contributed by atoms with van der Waals surface area (Å²) in [5.74, 6) is -0.131. The molecule has 3 aromatic rings. The zero-order chi connectivity index (χ0) is 20.3. The van der Waals surface area contributed by atoms with Crippen LogP contribution < -0.4 is 10.1 Å². The van der Waals surface area contributed by atoms with Crippen molar-refractivity contribution in [1.29, 1.82) is 0 Å². The number of aromatic nitrogens is 2. The van der Waals surface area contributed by atoms with Gasteiger partial charge in [-0.3, -0.25) is 4.79 Å². The van der Waals surface area contributed by atoms with Crippen molar-refractivity contribution in [2.45, 2.75) is 26.5 Å². The number of benzene rings is 1. The first-order valence-corrected chi connectivity index (χ1v) is 9.17. The summed E-state index contributed by atoms with van der Waals surface area (Å²) in [5.41, 5.74) is 3.96. The molecule has 0 bridgehead atoms. The quantitative estimate of drug-likeness (QED) is 0.659. The normalized spacial score (nSPS) is 11.9. The molecular formula is C21H22ClN3O3. The number of hydrogen-bond acceptors (Lipinski definition) is 4. The molecule has 7 heteroatoms. The summed E-state index contributed by atoms with van der Waals surface area (Å²) in [6.45, 7) is 4.47. The van der Waals surface area contributed by atoms with E-state index < -0.39 is 12.0 Å². The van der Waals surface area contributed by atoms with Gasteiger partial charge in [-0.15, -0.1) is 0 Å². The van der Waals surface area contributed by atoms with Crippen molar-refractivity contribution in [2.75, 3.05) is 12.4 Å². The Morgan fingerprint density at radius 3 is 2.64 bits per heavy atom. The van der Waals surface area contributed by atoms with Gasteiger partial charge in [0.1, 0.15) is 0 Å². The fourth-order valence-electron chi connectivity index (χ4n) is 3.07. The molecule has 1 atom stereocenters. The molecule has 3 rings (SSSR count). The van der Waals surface area contributed by atoms with Gasteiger partial charge in [0.05, 0.1) is 7.11 Å². The second-order valence-corrected chi connectivity index (χ2v) is 6.95. The van der Waals surface area contributed by atoms with E-state index in [0.717, 1.165) is 17.0 Å². The van der Waals surface area contributed by atoms with Crippen molar-refractivity contribution in [1.82, 2.24) is 9.55 Å². The van der Waals surface area contributed by atoms with E-state index in [0.29, 0.717) is 28.7 Å². The van der Waals surface area contributed by atoms with Crippen molar-refractivity contribution in [3.05, 3.63) is 76.2 Å². The molecule has 2 aromatic heterocycles. The summed E-state index contributed by atoms with van der Waals surface area (Å²) in [6, 6.07) is 12.7. The average Bonchev–Trinajstić information content (AvgIpc) is 2.97. The van der Waals surface area contributed by atoms with E-state index in [1.54, 1.807) is 12.1 Å². The molecule has 0 saturated carbocycles. The van der Waals surface area contributed by atoms with Gasteiger partial charge in [0.2, 0.25) is 5.88 Å². The van der Waals surface area contributed by atoms with Crippen molar-refractivity contribution in [3.8, 4) is 5.88 Å². The Labute approximate surface area is 168 Å². The van der Waals surface area contributed by atoms with Gasteiger partial charge in [0.25, 0.3) is 5.91 Å². The van der Waals surface area contributed by atoms with Gasteiger partial charge in [-0.1, -0.05) is 23.7 Å². The predicted molar refractivity (Wildman–Crippen MR) is 109 cm³/mol. The monoisotopic (exact) mass is 399 g/mol. The lowest BCUT2D eigenvalue weighted by molar-refractivity contribution is -0.124. The molecule has 0 aliphatic rings. The highest BCUT2D eigenvalue weighted by atomic mass is 35.5. The van der Waals surface area contributed by atoms with E-state index in [9.17, 15) is 9.90 Å². The van der Waals surface area contributed by atoms with Crippen LogP contribution in [0.3, 0.4) is 0 Å². The van der Waals surface area contributed by atoms with E-state index in [1.165, 1.54) is 13.3 Å². The first-order valence-electron chi connectivity index (χ1n) is 8.79. The number of pyridine rings is 1. The zero-order valence-electron chi connectivity index (χ0n) is 15.9. The summed E-state index contributed by atoms with van der Waals surface area (Å²) >= 11 is 5.95. The Morgan fingerprint density at radius 1 is 1.25 bits per heavy atom. The lowest BCUT2D eigenvalue weighted by Gasteiger charge is -2.14. The number of nitrogens with zero attached hydrogens (tertiary/aromatic N) is 2. The molecule has 146 valence electrons. The number of amides is 1. The van der Waals surface area contributed by atoms with Crippen molar-refractivity contribution in [2.24, 2.45) is 0 Å². The maximum atomic E-state index is 12.5. The molecule has 28 heavy (non-hydrogen) atoms. The minimum absolute atomic E-state index is 0.383. The van der Waals surface area contributed by atoms with E-state index >= 15 is 0 Å². The molecule has 0 aliphatic carbocycles. The first-order chi connectivity index (χ1) is 13.4. The Morgan fingerprint density at radius 2 is 1.96 bits per heavy atom. The molecule has 1 aromatic carbocycles. The predicted octanol–water partition coefficient (Wildman–Crippen LogP) is 3.88. The van der Waals surface area contributed by atoms with Crippen molar-refractivity contribution in [3.63, 3.8) is 0 Å². The number of halogens is 1. The highest BCUT2D eigenvalue weighted by molar-refractivity contribution is 6.30. The van der Waals surface area contributed by atoms with Crippen LogP contribution in [0.4, 0.5) is 5.69 Å². The Balaban J connectivity index is 1.78. The van der Waals surface area contributed by atoms with Crippen molar-refractivity contribution >= 4 is 23.2 Å². The number of aliphatic hydroxyl groups excluding tert-OH is 1. The van der Waals surface area contributed by atoms with E-state index in [2.05, 4.69) is 14.9 Å². The maximum absolute atomic E-state index is 12.5. The molecule has 0 aliphatic heterocycles. The molecule has 6 nitrogen and oxygen atoms in total. The number of nitrogens with one attached hydrogen (secondary N) is 1. The van der Waals surface area contributed by atoms with Crippen LogP contribution in [0.15, 0.2) is 48.7 Å². The van der Waals surface area contributed by atoms with Gasteiger partial charge in [0, 0.05) is 46.5 Å². The molecule has 2 N–H and O–H groups in total. The zero-order valence-corrected chi connectivity index (χ0v) is 16.7. The third-order valence-corrected chi connectivity index (χ3v) is 4.87. The van der Waals surface area contributed by atoms with Crippen molar-refractivity contribution < 1.29 is 14.6 Å². The van der Waals surface area contributed by atoms with Gasteiger partial charge in [-0.05, 0) is 43.7 Å². The van der Waals surface area contributed by atoms with Crippen LogP contribution >= 0.6 is 11.6 Å². The van der Waals surface area contributed by atoms with Crippen LogP contribution in [0.25, 0.3) is 0 Å². The number of methoxy groups -OCH3 is 1. The van der Waals surface area contributed by atoms with Crippen LogP contribution in [0, 0.1) is 13.8 Å². The number of carbonyl (C=O) groups excluding carboxylic acids is 1. The standard InChI is InChI=1S/C21H22ClN3O3/c1-13-10-18(14(2)25(13)12-15-4-6-16(22)7-5-15)20(26)21(27)24-17-8-9-23-19(11-17)28-3/h4-11,20,26H,12H2,1-3H3,(H,23,24,27)/t20-/m1/s1. The summed E-state index contributed by atoms with van der Waals surface area (Å²) in [7, 11) is 1.50. The second-order valence-electron chi connectivity index (χ2n) is 6.52. The second kappa shape index (κ2) is 8.46. The number of aliphatic hydroxyl groups is 1. The first kappa shape index (κ1) is 19.9. The molecule has 0 unspecified atom stereocenters. The minimum atomic E-state index is -1.29. The summed E-state index contributed by atoms with van der Waals surface area (Å²) < 4.78 is 7.11. The molecule has 0 saturated heterocycles. The van der Waals surface area contributed by atoms with Gasteiger partial charge >= 0.3 is 0 Å². The lowest BCUT2D eigenvalue weighted by atomic mass is 10.1. The van der Waals surface area contributed by atoms with E-state index in [4.69, 9.17) is 16.3 Å². The topological polar surface area (TPSA) is 76.4 Å². The summed E-state index contributed by atoms with van der Waals surface area (Å²) in [4.78, 5) is 16.5. The summed E-state index contributed by atoms with van der Waals surface area (Å²) in [6.07, 6.45) is 0.239. The SMILES string of the molecule is COc1cc(NC(=O)[C@H](O)c2cc(C)n(Cc3ccc(Cl)cc3)c2C)ccn1. The number of anilines is 1. The third-order valence-electron chi connectivity index (χ3n) is 4.62. The molecule has 0 fully saturated rings.